The van der Waals surface area contributed by atoms with Gasteiger partial charge in [-0.05, 0) is 25.7 Å². The molecule has 1 nitrogen and oxygen atoms in total. The highest BCUT2D eigenvalue weighted by Gasteiger charge is 1.83. The second-order valence-corrected chi connectivity index (χ2v) is 3.02. The molecule has 12 heavy (non-hydrogen) atoms. The van der Waals surface area contributed by atoms with E-state index < -0.39 is 0 Å². The molecule has 1 heteroatoms. The fourth-order valence-corrected chi connectivity index (χ4v) is 1.02. The van der Waals surface area contributed by atoms with E-state index in [1.807, 2.05) is 0 Å². The summed E-state index contributed by atoms with van der Waals surface area (Å²) in [7, 11) is 0. The molecule has 0 unspecified atom stereocenters. The summed E-state index contributed by atoms with van der Waals surface area (Å²) in [6, 6.07) is 2.15. The van der Waals surface area contributed by atoms with E-state index in [9.17, 15) is 0 Å². The standard InChI is InChI=1S/C11H19N/c1-2-3-4-5-6-7-8-9-10-11-12/h5-6H,2-4,7-10H2,1H3/b6-5-. The maximum atomic E-state index is 8.27. The Morgan fingerprint density at radius 2 is 1.75 bits per heavy atom. The molecule has 0 atom stereocenters. The lowest BCUT2D eigenvalue weighted by atomic mass is 10.2. The number of nitriles is 1. The van der Waals surface area contributed by atoms with Crippen LogP contribution in [0, 0.1) is 11.3 Å². The number of rotatable bonds is 7. The minimum Gasteiger partial charge on any atom is -0.198 e. The second kappa shape index (κ2) is 10.2. The van der Waals surface area contributed by atoms with E-state index >= 15 is 0 Å². The maximum Gasteiger partial charge on any atom is 0.0621 e. The van der Waals surface area contributed by atoms with Crippen LogP contribution in [-0.2, 0) is 0 Å². The Balaban J connectivity index is 2.98. The fraction of sp³-hybridized carbons (Fsp3) is 0.727. The topological polar surface area (TPSA) is 23.8 Å². The summed E-state index contributed by atoms with van der Waals surface area (Å²) in [4.78, 5) is 0. The first-order valence-electron chi connectivity index (χ1n) is 4.93. The fourth-order valence-electron chi connectivity index (χ4n) is 1.02. The molecule has 0 aromatic carbocycles. The lowest BCUT2D eigenvalue weighted by Gasteiger charge is -1.91. The average molecular weight is 165 g/mol. The minimum absolute atomic E-state index is 0.711. The lowest BCUT2D eigenvalue weighted by molar-refractivity contribution is 0.761. The monoisotopic (exact) mass is 165 g/mol. The Morgan fingerprint density at radius 1 is 1.08 bits per heavy atom. The van der Waals surface area contributed by atoms with Crippen molar-refractivity contribution in [3.63, 3.8) is 0 Å². The van der Waals surface area contributed by atoms with Gasteiger partial charge >= 0.3 is 0 Å². The van der Waals surface area contributed by atoms with Gasteiger partial charge in [-0.2, -0.15) is 5.26 Å². The average Bonchev–Trinajstić information content (AvgIpc) is 2.10. The van der Waals surface area contributed by atoms with Crippen LogP contribution >= 0.6 is 0 Å². The zero-order chi connectivity index (χ0) is 9.07. The molecule has 0 aromatic rings. The van der Waals surface area contributed by atoms with Crippen molar-refractivity contribution in [3.8, 4) is 6.07 Å². The van der Waals surface area contributed by atoms with Crippen LogP contribution in [-0.4, -0.2) is 0 Å². The van der Waals surface area contributed by atoms with Gasteiger partial charge in [0.05, 0.1) is 6.07 Å². The van der Waals surface area contributed by atoms with Crippen molar-refractivity contribution in [2.24, 2.45) is 0 Å². The van der Waals surface area contributed by atoms with Gasteiger partial charge in [0.25, 0.3) is 0 Å². The summed E-state index contributed by atoms with van der Waals surface area (Å²) in [6.45, 7) is 2.21. The van der Waals surface area contributed by atoms with Gasteiger partial charge in [0, 0.05) is 6.42 Å². The predicted octanol–water partition coefficient (Wildman–Crippen LogP) is 3.82. The van der Waals surface area contributed by atoms with Crippen molar-refractivity contribution in [2.45, 2.75) is 51.9 Å². The molecular formula is C11H19N. The van der Waals surface area contributed by atoms with Gasteiger partial charge in [0.15, 0.2) is 0 Å². The molecule has 68 valence electrons. The largest absolute Gasteiger partial charge is 0.198 e. The third-order valence-corrected chi connectivity index (χ3v) is 1.80. The molecule has 0 amide bonds. The van der Waals surface area contributed by atoms with Gasteiger partial charge in [-0.25, -0.2) is 0 Å². The van der Waals surface area contributed by atoms with Gasteiger partial charge in [-0.1, -0.05) is 31.9 Å². The first kappa shape index (κ1) is 11.2. The van der Waals surface area contributed by atoms with E-state index in [1.165, 1.54) is 19.3 Å². The van der Waals surface area contributed by atoms with Crippen LogP contribution in [0.3, 0.4) is 0 Å². The van der Waals surface area contributed by atoms with E-state index in [0.717, 1.165) is 19.3 Å². The molecule has 0 spiro atoms. The van der Waals surface area contributed by atoms with Crippen LogP contribution < -0.4 is 0 Å². The van der Waals surface area contributed by atoms with Gasteiger partial charge in [-0.3, -0.25) is 0 Å². The summed E-state index contributed by atoms with van der Waals surface area (Å²) in [5.74, 6) is 0. The zero-order valence-corrected chi connectivity index (χ0v) is 8.05. The first-order chi connectivity index (χ1) is 5.91. The van der Waals surface area contributed by atoms with Crippen molar-refractivity contribution >= 4 is 0 Å². The van der Waals surface area contributed by atoms with E-state index in [1.54, 1.807) is 0 Å². The number of nitrogens with zero attached hydrogens (tertiary/aromatic N) is 1. The smallest absolute Gasteiger partial charge is 0.0621 e. The quantitative estimate of drug-likeness (QED) is 0.415. The Kier molecular flexibility index (Phi) is 9.57. The van der Waals surface area contributed by atoms with Crippen molar-refractivity contribution in [1.82, 2.24) is 0 Å². The van der Waals surface area contributed by atoms with Crippen molar-refractivity contribution in [3.05, 3.63) is 12.2 Å². The molecule has 0 bridgehead atoms. The SMILES string of the molecule is CCCC/C=C\CCCCC#N. The molecule has 0 fully saturated rings. The van der Waals surface area contributed by atoms with Gasteiger partial charge < -0.3 is 0 Å². The Bertz CT molecular complexity index is 142. The van der Waals surface area contributed by atoms with Crippen LogP contribution in [0.2, 0.25) is 0 Å². The molecule has 0 heterocycles. The predicted molar refractivity (Wildman–Crippen MR) is 52.7 cm³/mol. The summed E-state index contributed by atoms with van der Waals surface area (Å²) in [6.07, 6.45) is 12.4. The number of hydrogen-bond donors (Lipinski definition) is 0. The second-order valence-electron chi connectivity index (χ2n) is 3.02. The Hall–Kier alpha value is -0.770. The number of hydrogen-bond acceptors (Lipinski definition) is 1. The van der Waals surface area contributed by atoms with Crippen molar-refractivity contribution < 1.29 is 0 Å². The summed E-state index contributed by atoms with van der Waals surface area (Å²) >= 11 is 0. The summed E-state index contributed by atoms with van der Waals surface area (Å²) in [5.41, 5.74) is 0. The molecular weight excluding hydrogens is 146 g/mol. The Morgan fingerprint density at radius 3 is 2.33 bits per heavy atom. The normalized spacial score (nSPS) is 10.3. The van der Waals surface area contributed by atoms with Crippen LogP contribution in [0.15, 0.2) is 12.2 Å². The van der Waals surface area contributed by atoms with E-state index in [0.29, 0.717) is 6.42 Å². The number of unbranched alkanes of at least 4 members (excludes halogenated alkanes) is 5. The van der Waals surface area contributed by atoms with Gasteiger partial charge in [0.2, 0.25) is 0 Å². The highest BCUT2D eigenvalue weighted by atomic mass is 14.2. The summed E-state index contributed by atoms with van der Waals surface area (Å²) in [5, 5.41) is 8.27. The number of allylic oxidation sites excluding steroid dienone is 2. The maximum absolute atomic E-state index is 8.27. The molecule has 0 saturated heterocycles. The molecule has 0 N–H and O–H groups in total. The molecule has 0 aliphatic heterocycles. The molecule has 0 aliphatic rings. The van der Waals surface area contributed by atoms with E-state index in [2.05, 4.69) is 25.1 Å². The highest BCUT2D eigenvalue weighted by Crippen LogP contribution is 2.01. The first-order valence-corrected chi connectivity index (χ1v) is 4.93. The Labute approximate surface area is 76.1 Å². The zero-order valence-electron chi connectivity index (χ0n) is 8.05. The molecule has 0 radical (unpaired) electrons. The molecule has 0 aliphatic carbocycles. The van der Waals surface area contributed by atoms with E-state index in [4.69, 9.17) is 5.26 Å². The minimum atomic E-state index is 0.711. The lowest BCUT2D eigenvalue weighted by Crippen LogP contribution is -1.72. The molecule has 0 rings (SSSR count). The summed E-state index contributed by atoms with van der Waals surface area (Å²) < 4.78 is 0. The van der Waals surface area contributed by atoms with Crippen molar-refractivity contribution in [2.75, 3.05) is 0 Å². The van der Waals surface area contributed by atoms with Crippen molar-refractivity contribution in [1.29, 1.82) is 5.26 Å². The van der Waals surface area contributed by atoms with Crippen LogP contribution in [0.1, 0.15) is 51.9 Å². The third kappa shape index (κ3) is 9.23. The van der Waals surface area contributed by atoms with Crippen LogP contribution in [0.25, 0.3) is 0 Å². The van der Waals surface area contributed by atoms with E-state index in [-0.39, 0.29) is 0 Å². The van der Waals surface area contributed by atoms with Crippen LogP contribution in [0.4, 0.5) is 0 Å². The van der Waals surface area contributed by atoms with Crippen LogP contribution in [0.5, 0.6) is 0 Å². The van der Waals surface area contributed by atoms with Gasteiger partial charge in [-0.15, -0.1) is 0 Å². The molecule has 0 saturated carbocycles. The van der Waals surface area contributed by atoms with Gasteiger partial charge in [0.1, 0.15) is 0 Å². The third-order valence-electron chi connectivity index (χ3n) is 1.80. The highest BCUT2D eigenvalue weighted by molar-refractivity contribution is 4.81. The molecule has 0 aromatic heterocycles.